The lowest BCUT2D eigenvalue weighted by atomic mass is 9.99. The molecule has 0 bridgehead atoms. The summed E-state index contributed by atoms with van der Waals surface area (Å²) in [5, 5.41) is 6.72. The standard InChI is InChI=1S/C34H35F4N5O4/c1-22-11-15-43(16-12-22)14-3-17-46-32-20-28-26(19-31(32)45-2)29(10-13-39-28)47-30-9-8-25(18-27(30)35)41-33(44)42-40-21-23-4-6-24(7-5-23)34(36,37)38/h4-10,13,18-22H,3,11-12,14-17H2,1-2H3,(H2,41,42,44)/b40-21+. The van der Waals surface area contributed by atoms with E-state index in [1.165, 1.54) is 43.3 Å². The molecule has 1 aliphatic rings. The summed E-state index contributed by atoms with van der Waals surface area (Å²) in [6.45, 7) is 6.04. The number of piperidine rings is 1. The van der Waals surface area contributed by atoms with Gasteiger partial charge in [0.1, 0.15) is 5.75 Å². The van der Waals surface area contributed by atoms with E-state index in [0.717, 1.165) is 50.2 Å². The van der Waals surface area contributed by atoms with Gasteiger partial charge in [-0.05, 0) is 80.2 Å². The molecule has 0 spiro atoms. The number of nitrogens with one attached hydrogen (secondary N) is 2. The summed E-state index contributed by atoms with van der Waals surface area (Å²) in [6.07, 6.45) is 1.62. The van der Waals surface area contributed by atoms with E-state index >= 15 is 4.39 Å². The van der Waals surface area contributed by atoms with Crippen molar-refractivity contribution in [2.75, 3.05) is 38.7 Å². The monoisotopic (exact) mass is 653 g/mol. The third-order valence-electron chi connectivity index (χ3n) is 7.77. The number of hydrazone groups is 1. The Labute approximate surface area is 269 Å². The van der Waals surface area contributed by atoms with Gasteiger partial charge in [0.05, 0.1) is 31.0 Å². The highest BCUT2D eigenvalue weighted by Crippen LogP contribution is 2.38. The zero-order valence-electron chi connectivity index (χ0n) is 25.9. The van der Waals surface area contributed by atoms with E-state index in [1.54, 1.807) is 31.5 Å². The normalized spacial score (nSPS) is 14.3. The number of benzene rings is 3. The van der Waals surface area contributed by atoms with Crippen molar-refractivity contribution in [2.45, 2.75) is 32.4 Å². The minimum Gasteiger partial charge on any atom is -0.493 e. The molecule has 0 saturated carbocycles. The molecule has 0 atom stereocenters. The number of likely N-dealkylation sites (tertiary alicyclic amines) is 1. The summed E-state index contributed by atoms with van der Waals surface area (Å²) in [4.78, 5) is 19.1. The van der Waals surface area contributed by atoms with Crippen LogP contribution < -0.4 is 25.0 Å². The van der Waals surface area contributed by atoms with E-state index < -0.39 is 23.6 Å². The van der Waals surface area contributed by atoms with Gasteiger partial charge in [0, 0.05) is 35.9 Å². The van der Waals surface area contributed by atoms with Gasteiger partial charge in [-0.2, -0.15) is 18.3 Å². The Morgan fingerprint density at radius 2 is 1.79 bits per heavy atom. The lowest BCUT2D eigenvalue weighted by molar-refractivity contribution is -0.137. The van der Waals surface area contributed by atoms with Gasteiger partial charge in [0.2, 0.25) is 0 Å². The second kappa shape index (κ2) is 15.1. The molecule has 1 saturated heterocycles. The maximum absolute atomic E-state index is 15.0. The Kier molecular flexibility index (Phi) is 10.8. The third-order valence-corrected chi connectivity index (χ3v) is 7.77. The van der Waals surface area contributed by atoms with Crippen LogP contribution in [0.2, 0.25) is 0 Å². The number of methoxy groups -OCH3 is 1. The molecule has 2 heterocycles. The molecule has 9 nitrogen and oxygen atoms in total. The molecule has 13 heteroatoms. The number of halogens is 4. The zero-order chi connectivity index (χ0) is 33.4. The van der Waals surface area contributed by atoms with Crippen LogP contribution in [-0.2, 0) is 6.18 Å². The average Bonchev–Trinajstić information content (AvgIpc) is 3.04. The quantitative estimate of drug-likeness (QED) is 0.0741. The lowest BCUT2D eigenvalue weighted by Gasteiger charge is -2.30. The molecule has 1 aromatic heterocycles. The second-order valence-corrected chi connectivity index (χ2v) is 11.2. The largest absolute Gasteiger partial charge is 0.493 e. The van der Waals surface area contributed by atoms with Crippen molar-refractivity contribution in [1.82, 2.24) is 15.3 Å². The van der Waals surface area contributed by atoms with E-state index in [2.05, 4.69) is 32.7 Å². The zero-order valence-corrected chi connectivity index (χ0v) is 25.9. The molecule has 4 aromatic rings. The summed E-state index contributed by atoms with van der Waals surface area (Å²) < 4.78 is 70.7. The Balaban J connectivity index is 1.17. The summed E-state index contributed by atoms with van der Waals surface area (Å²) in [6, 6.07) is 12.5. The average molecular weight is 654 g/mol. The predicted molar refractivity (Wildman–Crippen MR) is 171 cm³/mol. The van der Waals surface area contributed by atoms with Gasteiger partial charge in [-0.3, -0.25) is 4.98 Å². The van der Waals surface area contributed by atoms with Crippen LogP contribution in [0, 0.1) is 11.7 Å². The smallest absolute Gasteiger partial charge is 0.416 e. The van der Waals surface area contributed by atoms with Gasteiger partial charge in [0.25, 0.3) is 0 Å². The number of carbonyl (C=O) groups excluding carboxylic acids is 1. The summed E-state index contributed by atoms with van der Waals surface area (Å²) in [5.41, 5.74) is 2.42. The molecule has 0 aliphatic carbocycles. The Morgan fingerprint density at radius 3 is 2.49 bits per heavy atom. The summed E-state index contributed by atoms with van der Waals surface area (Å²) in [7, 11) is 1.54. The van der Waals surface area contributed by atoms with E-state index in [9.17, 15) is 18.0 Å². The van der Waals surface area contributed by atoms with Crippen LogP contribution in [0.1, 0.15) is 37.3 Å². The van der Waals surface area contributed by atoms with E-state index in [1.807, 2.05) is 0 Å². The fraction of sp³-hybridized carbons (Fsp3) is 0.324. The number of aromatic nitrogens is 1. The molecule has 0 radical (unpaired) electrons. The number of carbonyl (C=O) groups is 1. The lowest BCUT2D eigenvalue weighted by Crippen LogP contribution is -2.34. The van der Waals surface area contributed by atoms with E-state index in [0.29, 0.717) is 40.3 Å². The number of rotatable bonds is 11. The molecule has 2 amide bonds. The third kappa shape index (κ3) is 9.09. The molecule has 1 aliphatic heterocycles. The van der Waals surface area contributed by atoms with Gasteiger partial charge in [-0.25, -0.2) is 14.6 Å². The number of amides is 2. The van der Waals surface area contributed by atoms with Crippen molar-refractivity contribution < 1.29 is 36.6 Å². The van der Waals surface area contributed by atoms with Gasteiger partial charge >= 0.3 is 12.2 Å². The number of hydrogen-bond acceptors (Lipinski definition) is 7. The Morgan fingerprint density at radius 1 is 1.02 bits per heavy atom. The molecule has 248 valence electrons. The highest BCUT2D eigenvalue weighted by Gasteiger charge is 2.29. The Bertz CT molecular complexity index is 1710. The SMILES string of the molecule is COc1cc2c(Oc3ccc(NC(=O)N/N=C/c4ccc(C(F)(F)F)cc4)cc3F)ccnc2cc1OCCCN1CCC(C)CC1. The van der Waals surface area contributed by atoms with Crippen molar-refractivity contribution in [1.29, 1.82) is 0 Å². The predicted octanol–water partition coefficient (Wildman–Crippen LogP) is 7.85. The van der Waals surface area contributed by atoms with E-state index in [4.69, 9.17) is 14.2 Å². The molecule has 3 aromatic carbocycles. The minimum absolute atomic E-state index is 0.0878. The van der Waals surface area contributed by atoms with Crippen LogP contribution in [0.3, 0.4) is 0 Å². The second-order valence-electron chi connectivity index (χ2n) is 11.2. The number of anilines is 1. The van der Waals surface area contributed by atoms with Crippen LogP contribution >= 0.6 is 0 Å². The molecule has 2 N–H and O–H groups in total. The molecule has 0 unspecified atom stereocenters. The molecule has 5 rings (SSSR count). The molecule has 47 heavy (non-hydrogen) atoms. The van der Waals surface area contributed by atoms with Crippen LogP contribution in [0.4, 0.5) is 28.0 Å². The first kappa shape index (κ1) is 33.5. The number of ether oxygens (including phenoxy) is 3. The van der Waals surface area contributed by atoms with Crippen LogP contribution in [0.25, 0.3) is 10.9 Å². The van der Waals surface area contributed by atoms with Crippen molar-refractivity contribution in [3.05, 3.63) is 83.8 Å². The van der Waals surface area contributed by atoms with Gasteiger partial charge < -0.3 is 24.4 Å². The van der Waals surface area contributed by atoms with Crippen molar-refractivity contribution >= 4 is 28.8 Å². The maximum Gasteiger partial charge on any atom is 0.416 e. The number of fused-ring (bicyclic) bond motifs is 1. The number of urea groups is 1. The van der Waals surface area contributed by atoms with Crippen LogP contribution in [-0.4, -0.2) is 55.5 Å². The van der Waals surface area contributed by atoms with Crippen LogP contribution in [0.15, 0.2) is 72.0 Å². The molecular weight excluding hydrogens is 618 g/mol. The first-order valence-electron chi connectivity index (χ1n) is 15.2. The van der Waals surface area contributed by atoms with Gasteiger partial charge in [0.15, 0.2) is 23.1 Å². The first-order valence-corrected chi connectivity index (χ1v) is 15.2. The number of pyridine rings is 1. The minimum atomic E-state index is -4.45. The number of alkyl halides is 3. The van der Waals surface area contributed by atoms with Gasteiger partial charge in [-0.15, -0.1) is 0 Å². The number of nitrogens with zero attached hydrogens (tertiary/aromatic N) is 3. The fourth-order valence-electron chi connectivity index (χ4n) is 5.11. The summed E-state index contributed by atoms with van der Waals surface area (Å²) >= 11 is 0. The maximum atomic E-state index is 15.0. The molecule has 1 fully saturated rings. The van der Waals surface area contributed by atoms with Crippen molar-refractivity contribution in [3.63, 3.8) is 0 Å². The van der Waals surface area contributed by atoms with Gasteiger partial charge in [-0.1, -0.05) is 19.1 Å². The summed E-state index contributed by atoms with van der Waals surface area (Å²) in [5.74, 6) is 1.35. The molecular formula is C34H35F4N5O4. The number of hydrogen-bond donors (Lipinski definition) is 2. The topological polar surface area (TPSA) is 97.3 Å². The highest BCUT2D eigenvalue weighted by atomic mass is 19.4. The van der Waals surface area contributed by atoms with Crippen molar-refractivity contribution in [3.8, 4) is 23.0 Å². The Hall–Kier alpha value is -4.91. The first-order chi connectivity index (χ1) is 22.6. The fourth-order valence-corrected chi connectivity index (χ4v) is 5.11. The van der Waals surface area contributed by atoms with Crippen molar-refractivity contribution in [2.24, 2.45) is 11.0 Å². The van der Waals surface area contributed by atoms with E-state index in [-0.39, 0.29) is 11.4 Å². The van der Waals surface area contributed by atoms with Crippen LogP contribution in [0.5, 0.6) is 23.0 Å². The highest BCUT2D eigenvalue weighted by molar-refractivity contribution is 5.91.